The molecule has 1 aromatic rings. The van der Waals surface area contributed by atoms with Crippen LogP contribution in [-0.2, 0) is 0 Å². The van der Waals surface area contributed by atoms with Gasteiger partial charge in [0.05, 0.1) is 0 Å². The summed E-state index contributed by atoms with van der Waals surface area (Å²) >= 11 is 5.51. The Morgan fingerprint density at radius 3 is 2.80 bits per heavy atom. The van der Waals surface area contributed by atoms with Crippen molar-refractivity contribution in [3.63, 3.8) is 0 Å². The van der Waals surface area contributed by atoms with Gasteiger partial charge in [0, 0.05) is 6.20 Å². The molecule has 1 aromatic heterocycles. The van der Waals surface area contributed by atoms with Crippen LogP contribution in [-0.4, -0.2) is 4.98 Å². The molecule has 0 bridgehead atoms. The van der Waals surface area contributed by atoms with Crippen LogP contribution in [0, 0.1) is 0 Å². The number of alkyl halides is 1. The maximum atomic E-state index is 12.5. The van der Waals surface area contributed by atoms with Crippen LogP contribution in [0.25, 0.3) is 0 Å². The number of aromatic nitrogens is 1. The van der Waals surface area contributed by atoms with Crippen LogP contribution in [0.5, 0.6) is 0 Å². The smallest absolute Gasteiger partial charge is 0.129 e. The summed E-state index contributed by atoms with van der Waals surface area (Å²) in [6.45, 7) is 1.46. The van der Waals surface area contributed by atoms with Crippen LogP contribution >= 0.6 is 11.6 Å². The van der Waals surface area contributed by atoms with Gasteiger partial charge in [-0.15, -0.1) is 0 Å². The summed E-state index contributed by atoms with van der Waals surface area (Å²) in [7, 11) is 0. The summed E-state index contributed by atoms with van der Waals surface area (Å²) in [4.78, 5) is 3.72. The molecular formula is C7H7ClFN. The second kappa shape index (κ2) is 2.97. The van der Waals surface area contributed by atoms with E-state index >= 15 is 0 Å². The van der Waals surface area contributed by atoms with E-state index in [1.165, 1.54) is 19.2 Å². The standard InChI is InChI=1S/C7H7ClFN/c1-5(9)6-2-3-10-7(8)4-6/h2-5H,1H3/t5-/m0/s1. The van der Waals surface area contributed by atoms with E-state index in [1.807, 2.05) is 0 Å². The van der Waals surface area contributed by atoms with Crippen LogP contribution in [0.3, 0.4) is 0 Å². The van der Waals surface area contributed by atoms with Gasteiger partial charge in [-0.05, 0) is 24.6 Å². The predicted octanol–water partition coefficient (Wildman–Crippen LogP) is 2.77. The molecule has 1 heterocycles. The number of hydrogen-bond acceptors (Lipinski definition) is 1. The molecule has 1 nitrogen and oxygen atoms in total. The van der Waals surface area contributed by atoms with Gasteiger partial charge < -0.3 is 0 Å². The van der Waals surface area contributed by atoms with Crippen molar-refractivity contribution < 1.29 is 4.39 Å². The fourth-order valence-corrected chi connectivity index (χ4v) is 0.847. The van der Waals surface area contributed by atoms with E-state index in [0.717, 1.165) is 0 Å². The van der Waals surface area contributed by atoms with Crippen molar-refractivity contribution >= 4 is 11.6 Å². The number of rotatable bonds is 1. The third-order valence-corrected chi connectivity index (χ3v) is 1.42. The van der Waals surface area contributed by atoms with Gasteiger partial charge in [-0.3, -0.25) is 0 Å². The molecule has 3 heteroatoms. The molecule has 0 amide bonds. The van der Waals surface area contributed by atoms with E-state index in [4.69, 9.17) is 11.6 Å². The molecule has 1 rings (SSSR count). The molecule has 0 aliphatic rings. The summed E-state index contributed by atoms with van der Waals surface area (Å²) in [5, 5.41) is 0.335. The molecule has 0 aliphatic heterocycles. The van der Waals surface area contributed by atoms with Crippen molar-refractivity contribution in [3.8, 4) is 0 Å². The zero-order chi connectivity index (χ0) is 7.56. The highest BCUT2D eigenvalue weighted by molar-refractivity contribution is 6.29. The second-order valence-electron chi connectivity index (χ2n) is 2.03. The van der Waals surface area contributed by atoms with E-state index in [-0.39, 0.29) is 0 Å². The quantitative estimate of drug-likeness (QED) is 0.575. The highest BCUT2D eigenvalue weighted by Gasteiger charge is 2.01. The van der Waals surface area contributed by atoms with Crippen molar-refractivity contribution in [1.29, 1.82) is 0 Å². The summed E-state index contributed by atoms with van der Waals surface area (Å²) in [5.41, 5.74) is 0.569. The molecule has 0 radical (unpaired) electrons. The monoisotopic (exact) mass is 159 g/mol. The van der Waals surface area contributed by atoms with Crippen molar-refractivity contribution in [2.24, 2.45) is 0 Å². The summed E-state index contributed by atoms with van der Waals surface area (Å²) in [6, 6.07) is 3.13. The van der Waals surface area contributed by atoms with Crippen molar-refractivity contribution in [3.05, 3.63) is 29.0 Å². The lowest BCUT2D eigenvalue weighted by molar-refractivity contribution is 0.374. The first-order chi connectivity index (χ1) is 4.70. The first-order valence-corrected chi connectivity index (χ1v) is 3.33. The van der Waals surface area contributed by atoms with E-state index < -0.39 is 6.17 Å². The summed E-state index contributed by atoms with van der Waals surface area (Å²) < 4.78 is 12.5. The van der Waals surface area contributed by atoms with E-state index in [2.05, 4.69) is 4.98 Å². The van der Waals surface area contributed by atoms with Crippen LogP contribution in [0.15, 0.2) is 18.3 Å². The molecule has 54 valence electrons. The molecule has 0 saturated carbocycles. The highest BCUT2D eigenvalue weighted by Crippen LogP contribution is 2.17. The normalized spacial score (nSPS) is 13.1. The Hall–Kier alpha value is -0.630. The van der Waals surface area contributed by atoms with Gasteiger partial charge in [-0.2, -0.15) is 0 Å². The summed E-state index contributed by atoms with van der Waals surface area (Å²) in [5.74, 6) is 0. The van der Waals surface area contributed by atoms with Gasteiger partial charge >= 0.3 is 0 Å². The Balaban J connectivity index is 2.96. The average Bonchev–Trinajstić information content (AvgIpc) is 1.88. The van der Waals surface area contributed by atoms with E-state index in [1.54, 1.807) is 6.07 Å². The number of nitrogens with zero attached hydrogens (tertiary/aromatic N) is 1. The molecule has 0 saturated heterocycles. The lowest BCUT2D eigenvalue weighted by Gasteiger charge is -1.99. The van der Waals surface area contributed by atoms with Gasteiger partial charge in [-0.1, -0.05) is 11.6 Å². The Bertz CT molecular complexity index is 225. The molecule has 10 heavy (non-hydrogen) atoms. The van der Waals surface area contributed by atoms with Gasteiger partial charge in [-0.25, -0.2) is 9.37 Å². The Labute approximate surface area is 63.8 Å². The van der Waals surface area contributed by atoms with Crippen molar-refractivity contribution in [2.75, 3.05) is 0 Å². The molecule has 0 spiro atoms. The molecule has 1 atom stereocenters. The minimum Gasteiger partial charge on any atom is -0.245 e. The van der Waals surface area contributed by atoms with E-state index in [0.29, 0.717) is 10.7 Å². The third kappa shape index (κ3) is 1.67. The fraction of sp³-hybridized carbons (Fsp3) is 0.286. The van der Waals surface area contributed by atoms with Crippen LogP contribution < -0.4 is 0 Å². The number of hydrogen-bond donors (Lipinski definition) is 0. The largest absolute Gasteiger partial charge is 0.245 e. The van der Waals surface area contributed by atoms with E-state index in [9.17, 15) is 4.39 Å². The van der Waals surface area contributed by atoms with Gasteiger partial charge in [0.1, 0.15) is 11.3 Å². The highest BCUT2D eigenvalue weighted by atomic mass is 35.5. The maximum absolute atomic E-state index is 12.5. The van der Waals surface area contributed by atoms with Crippen LogP contribution in [0.2, 0.25) is 5.15 Å². The third-order valence-electron chi connectivity index (χ3n) is 1.21. The minimum atomic E-state index is -0.972. The van der Waals surface area contributed by atoms with Crippen molar-refractivity contribution in [2.45, 2.75) is 13.1 Å². The zero-order valence-electron chi connectivity index (χ0n) is 5.51. The Morgan fingerprint density at radius 1 is 1.70 bits per heavy atom. The topological polar surface area (TPSA) is 12.9 Å². The molecule has 0 fully saturated rings. The SMILES string of the molecule is C[C@H](F)c1ccnc(Cl)c1. The molecule has 0 unspecified atom stereocenters. The van der Waals surface area contributed by atoms with Gasteiger partial charge in [0.2, 0.25) is 0 Å². The minimum absolute atomic E-state index is 0.335. The average molecular weight is 160 g/mol. The fourth-order valence-electron chi connectivity index (χ4n) is 0.665. The molecule has 0 N–H and O–H groups in total. The predicted molar refractivity (Wildman–Crippen MR) is 38.8 cm³/mol. The van der Waals surface area contributed by atoms with Gasteiger partial charge in [0.15, 0.2) is 0 Å². The lowest BCUT2D eigenvalue weighted by Crippen LogP contribution is -1.85. The number of halogens is 2. The van der Waals surface area contributed by atoms with Gasteiger partial charge in [0.25, 0.3) is 0 Å². The summed E-state index contributed by atoms with van der Waals surface area (Å²) in [6.07, 6.45) is 0.522. The Morgan fingerprint density at radius 2 is 2.40 bits per heavy atom. The van der Waals surface area contributed by atoms with Crippen LogP contribution in [0.4, 0.5) is 4.39 Å². The van der Waals surface area contributed by atoms with Crippen LogP contribution in [0.1, 0.15) is 18.7 Å². The first-order valence-electron chi connectivity index (χ1n) is 2.95. The second-order valence-corrected chi connectivity index (χ2v) is 2.42. The lowest BCUT2D eigenvalue weighted by atomic mass is 10.2. The molecule has 0 aliphatic carbocycles. The maximum Gasteiger partial charge on any atom is 0.129 e. The first kappa shape index (κ1) is 7.48. The number of pyridine rings is 1. The van der Waals surface area contributed by atoms with Crippen molar-refractivity contribution in [1.82, 2.24) is 4.98 Å². The Kier molecular flexibility index (Phi) is 2.22. The molecular weight excluding hydrogens is 153 g/mol. The zero-order valence-corrected chi connectivity index (χ0v) is 6.27. The molecule has 0 aromatic carbocycles.